The second-order valence-electron chi connectivity index (χ2n) is 1.73. The molecule has 0 amide bonds. The summed E-state index contributed by atoms with van der Waals surface area (Å²) in [5.74, 6) is 2.57. The van der Waals surface area contributed by atoms with Gasteiger partial charge < -0.3 is 0 Å². The molecule has 1 unspecified atom stereocenters. The van der Waals surface area contributed by atoms with E-state index in [-0.39, 0.29) is 0 Å². The lowest BCUT2D eigenvalue weighted by Crippen LogP contribution is -1.94. The third kappa shape index (κ3) is 1.31. The molecule has 0 bridgehead atoms. The van der Waals surface area contributed by atoms with Crippen LogP contribution in [0.25, 0.3) is 0 Å². The van der Waals surface area contributed by atoms with Crippen LogP contribution in [-0.2, 0) is 0 Å². The van der Waals surface area contributed by atoms with Crippen LogP contribution in [0.2, 0.25) is 0 Å². The van der Waals surface area contributed by atoms with E-state index in [4.69, 9.17) is 6.42 Å². The zero-order valence-electron chi connectivity index (χ0n) is 4.96. The monoisotopic (exact) mass is 134 g/mol. The summed E-state index contributed by atoms with van der Waals surface area (Å²) in [6.07, 6.45) is 5.19. The minimum Gasteiger partial charge on any atom is -0.115 e. The molecule has 0 radical (unpaired) electrons. The van der Waals surface area contributed by atoms with Gasteiger partial charge in [0.2, 0.25) is 0 Å². The van der Waals surface area contributed by atoms with Crippen molar-refractivity contribution in [1.29, 1.82) is 0 Å². The van der Waals surface area contributed by atoms with E-state index >= 15 is 0 Å². The maximum atomic E-state index is 5.19. The SMILES string of the molecule is C#Cc1ccccc1P. The molecule has 0 N–H and O–H groups in total. The molecule has 0 spiro atoms. The summed E-state index contributed by atoms with van der Waals surface area (Å²) in [5, 5.41) is 1.08. The Morgan fingerprint density at radius 2 is 2.00 bits per heavy atom. The second-order valence-corrected chi connectivity index (χ2v) is 2.35. The molecular weight excluding hydrogens is 127 g/mol. The lowest BCUT2D eigenvalue weighted by Gasteiger charge is -1.92. The number of hydrogen-bond donors (Lipinski definition) is 0. The van der Waals surface area contributed by atoms with Crippen LogP contribution in [0.15, 0.2) is 24.3 Å². The molecule has 0 aliphatic rings. The van der Waals surface area contributed by atoms with Gasteiger partial charge in [-0.15, -0.1) is 15.7 Å². The van der Waals surface area contributed by atoms with Crippen molar-refractivity contribution >= 4 is 14.5 Å². The fourth-order valence-electron chi connectivity index (χ4n) is 0.628. The van der Waals surface area contributed by atoms with Crippen LogP contribution >= 0.6 is 9.24 Å². The lowest BCUT2D eigenvalue weighted by molar-refractivity contribution is 1.72. The summed E-state index contributed by atoms with van der Waals surface area (Å²) >= 11 is 0. The summed E-state index contributed by atoms with van der Waals surface area (Å²) < 4.78 is 0. The first-order valence-corrected chi connectivity index (χ1v) is 3.23. The van der Waals surface area contributed by atoms with E-state index in [2.05, 4.69) is 15.2 Å². The van der Waals surface area contributed by atoms with Gasteiger partial charge >= 0.3 is 0 Å². The Kier molecular flexibility index (Phi) is 1.88. The van der Waals surface area contributed by atoms with Gasteiger partial charge in [-0.05, 0) is 11.4 Å². The fraction of sp³-hybridized carbons (Fsp3) is 0. The Hall–Kier alpha value is -0.790. The van der Waals surface area contributed by atoms with E-state index in [1.165, 1.54) is 0 Å². The lowest BCUT2D eigenvalue weighted by atomic mass is 10.2. The van der Waals surface area contributed by atoms with Gasteiger partial charge in [0, 0.05) is 5.56 Å². The van der Waals surface area contributed by atoms with E-state index in [9.17, 15) is 0 Å². The molecule has 1 atom stereocenters. The van der Waals surface area contributed by atoms with Crippen LogP contribution in [0, 0.1) is 12.3 Å². The Labute approximate surface area is 57.5 Å². The van der Waals surface area contributed by atoms with Crippen LogP contribution in [0.5, 0.6) is 0 Å². The smallest absolute Gasteiger partial charge is 0.0314 e. The predicted octanol–water partition coefficient (Wildman–Crippen LogP) is 1.17. The number of terminal acetylenes is 1. The summed E-state index contributed by atoms with van der Waals surface area (Å²) in [6.45, 7) is 0. The standard InChI is InChI=1S/C8H7P/c1-2-7-5-3-4-6-8(7)9/h1,3-6H,9H2. The molecule has 0 nitrogen and oxygen atoms in total. The van der Waals surface area contributed by atoms with Crippen molar-refractivity contribution in [2.75, 3.05) is 0 Å². The van der Waals surface area contributed by atoms with E-state index in [1.807, 2.05) is 24.3 Å². The van der Waals surface area contributed by atoms with Gasteiger partial charge in [0.25, 0.3) is 0 Å². The third-order valence-electron chi connectivity index (χ3n) is 1.12. The Balaban J connectivity index is 3.20. The molecule has 0 aliphatic heterocycles. The van der Waals surface area contributed by atoms with Crippen molar-refractivity contribution in [3.05, 3.63) is 29.8 Å². The fourth-order valence-corrected chi connectivity index (χ4v) is 0.919. The van der Waals surface area contributed by atoms with Gasteiger partial charge in [-0.25, -0.2) is 0 Å². The minimum absolute atomic E-state index is 0.947. The average Bonchev–Trinajstić information content (AvgIpc) is 1.89. The molecule has 1 heteroatoms. The Bertz CT molecular complexity index is 245. The Morgan fingerprint density at radius 1 is 1.33 bits per heavy atom. The molecule has 0 aromatic heterocycles. The molecule has 1 aromatic rings. The van der Waals surface area contributed by atoms with Crippen molar-refractivity contribution in [2.45, 2.75) is 0 Å². The third-order valence-corrected chi connectivity index (χ3v) is 1.62. The zero-order chi connectivity index (χ0) is 6.69. The number of hydrogen-bond acceptors (Lipinski definition) is 0. The molecule has 1 aromatic carbocycles. The second kappa shape index (κ2) is 2.67. The normalized spacial score (nSPS) is 8.44. The highest BCUT2D eigenvalue weighted by atomic mass is 31.0. The average molecular weight is 134 g/mol. The van der Waals surface area contributed by atoms with Crippen LogP contribution in [-0.4, -0.2) is 0 Å². The molecule has 0 aliphatic carbocycles. The number of rotatable bonds is 0. The van der Waals surface area contributed by atoms with Crippen LogP contribution < -0.4 is 5.30 Å². The van der Waals surface area contributed by atoms with E-state index in [0.29, 0.717) is 0 Å². The maximum Gasteiger partial charge on any atom is 0.0314 e. The highest BCUT2D eigenvalue weighted by molar-refractivity contribution is 7.27. The molecule has 0 saturated carbocycles. The summed E-state index contributed by atoms with van der Waals surface area (Å²) in [4.78, 5) is 0. The van der Waals surface area contributed by atoms with Crippen molar-refractivity contribution in [1.82, 2.24) is 0 Å². The van der Waals surface area contributed by atoms with Crippen molar-refractivity contribution in [3.8, 4) is 12.3 Å². The van der Waals surface area contributed by atoms with Gasteiger partial charge in [0.05, 0.1) is 0 Å². The maximum absolute atomic E-state index is 5.19. The first-order valence-electron chi connectivity index (χ1n) is 2.65. The van der Waals surface area contributed by atoms with Gasteiger partial charge in [0.15, 0.2) is 0 Å². The molecule has 1 rings (SSSR count). The molecule has 0 saturated heterocycles. The first kappa shape index (κ1) is 6.33. The van der Waals surface area contributed by atoms with Gasteiger partial charge in [-0.3, -0.25) is 0 Å². The van der Waals surface area contributed by atoms with Crippen LogP contribution in [0.1, 0.15) is 5.56 Å². The van der Waals surface area contributed by atoms with Gasteiger partial charge in [-0.1, -0.05) is 24.1 Å². The van der Waals surface area contributed by atoms with Gasteiger partial charge in [0.1, 0.15) is 0 Å². The zero-order valence-corrected chi connectivity index (χ0v) is 6.12. The van der Waals surface area contributed by atoms with Crippen LogP contribution in [0.4, 0.5) is 0 Å². The van der Waals surface area contributed by atoms with Crippen molar-refractivity contribution < 1.29 is 0 Å². The highest BCUT2D eigenvalue weighted by Gasteiger charge is 1.87. The summed E-state index contributed by atoms with van der Waals surface area (Å²) in [6, 6.07) is 7.79. The Morgan fingerprint density at radius 3 is 2.44 bits per heavy atom. The summed E-state index contributed by atoms with van der Waals surface area (Å²) in [7, 11) is 2.59. The summed E-state index contributed by atoms with van der Waals surface area (Å²) in [5.41, 5.74) is 0.947. The first-order chi connectivity index (χ1) is 4.34. The molecule has 44 valence electrons. The van der Waals surface area contributed by atoms with Crippen LogP contribution in [0.3, 0.4) is 0 Å². The quantitative estimate of drug-likeness (QED) is 0.369. The van der Waals surface area contributed by atoms with E-state index < -0.39 is 0 Å². The van der Waals surface area contributed by atoms with Crippen molar-refractivity contribution in [3.63, 3.8) is 0 Å². The topological polar surface area (TPSA) is 0 Å². The minimum atomic E-state index is 0.947. The molecular formula is C8H7P. The number of benzene rings is 1. The largest absolute Gasteiger partial charge is 0.115 e. The van der Waals surface area contributed by atoms with Crippen molar-refractivity contribution in [2.24, 2.45) is 0 Å². The molecule has 0 heterocycles. The van der Waals surface area contributed by atoms with Gasteiger partial charge in [-0.2, -0.15) is 0 Å². The van der Waals surface area contributed by atoms with E-state index in [1.54, 1.807) is 0 Å². The molecule has 9 heavy (non-hydrogen) atoms. The van der Waals surface area contributed by atoms with E-state index in [0.717, 1.165) is 10.9 Å². The predicted molar refractivity (Wildman–Crippen MR) is 43.7 cm³/mol. The highest BCUT2D eigenvalue weighted by Crippen LogP contribution is 1.96. The molecule has 0 fully saturated rings.